The molecule has 3 heterocycles. The predicted molar refractivity (Wildman–Crippen MR) is 170 cm³/mol. The lowest BCUT2D eigenvalue weighted by atomic mass is 9.96. The summed E-state index contributed by atoms with van der Waals surface area (Å²) < 4.78 is 14.9. The number of benzene rings is 6. The Hall–Kier alpha value is -6.30. The van der Waals surface area contributed by atoms with Gasteiger partial charge in [-0.1, -0.05) is 66.7 Å². The number of hydrogen-bond donors (Lipinski definition) is 0. The summed E-state index contributed by atoms with van der Waals surface area (Å²) >= 11 is 0. The fraction of sp³-hybridized carbons (Fsp3) is 0. The van der Waals surface area contributed by atoms with Crippen LogP contribution in [0.2, 0.25) is 0 Å². The number of hydrogen-bond acceptors (Lipinski definition) is 4. The lowest BCUT2D eigenvalue weighted by Crippen LogP contribution is -1.94. The van der Waals surface area contributed by atoms with E-state index >= 15 is 0 Å². The summed E-state index contributed by atoms with van der Waals surface area (Å²) in [4.78, 5) is 0. The first-order chi connectivity index (χ1) is 21.2. The molecule has 5 heteroatoms. The van der Waals surface area contributed by atoms with Gasteiger partial charge in [0.2, 0.25) is 0 Å². The molecular formula is C38H19N3O2. The molecule has 9 rings (SSSR count). The van der Waals surface area contributed by atoms with E-state index in [0.717, 1.165) is 71.3 Å². The summed E-state index contributed by atoms with van der Waals surface area (Å²) in [6.07, 6.45) is 0. The Bertz CT molecular complexity index is 2710. The first-order valence-corrected chi connectivity index (χ1v) is 14.0. The van der Waals surface area contributed by atoms with Crippen molar-refractivity contribution < 1.29 is 8.83 Å². The van der Waals surface area contributed by atoms with Crippen molar-refractivity contribution in [2.24, 2.45) is 0 Å². The molecule has 198 valence electrons. The molecule has 0 N–H and O–H groups in total. The van der Waals surface area contributed by atoms with Crippen molar-refractivity contribution in [2.75, 3.05) is 0 Å². The van der Waals surface area contributed by atoms with Gasteiger partial charge in [-0.2, -0.15) is 10.5 Å². The molecule has 0 atom stereocenters. The molecule has 0 bridgehead atoms. The lowest BCUT2D eigenvalue weighted by molar-refractivity contribution is 0.665. The smallest absolute Gasteiger partial charge is 0.159 e. The molecule has 6 aromatic carbocycles. The molecule has 43 heavy (non-hydrogen) atoms. The molecule has 0 fully saturated rings. The van der Waals surface area contributed by atoms with Crippen molar-refractivity contribution in [3.63, 3.8) is 0 Å². The summed E-state index contributed by atoms with van der Waals surface area (Å²) in [6, 6.07) is 42.8. The van der Waals surface area contributed by atoms with Gasteiger partial charge < -0.3 is 13.4 Å². The molecule has 0 aliphatic carbocycles. The second-order valence-corrected chi connectivity index (χ2v) is 10.7. The normalized spacial score (nSPS) is 11.7. The molecule has 0 amide bonds. The van der Waals surface area contributed by atoms with Crippen LogP contribution in [-0.2, 0) is 0 Å². The first-order valence-electron chi connectivity index (χ1n) is 14.0. The van der Waals surface area contributed by atoms with E-state index in [-0.39, 0.29) is 0 Å². The second kappa shape index (κ2) is 8.60. The van der Waals surface area contributed by atoms with Gasteiger partial charge in [0.1, 0.15) is 17.2 Å². The highest BCUT2D eigenvalue weighted by molar-refractivity contribution is 6.16. The van der Waals surface area contributed by atoms with Crippen LogP contribution in [0.15, 0.2) is 124 Å². The Labute approximate surface area is 244 Å². The van der Waals surface area contributed by atoms with E-state index in [1.165, 1.54) is 0 Å². The quantitative estimate of drug-likeness (QED) is 0.215. The van der Waals surface area contributed by atoms with Crippen LogP contribution in [0, 0.1) is 22.7 Å². The van der Waals surface area contributed by atoms with Crippen LogP contribution in [0.5, 0.6) is 0 Å². The molecule has 0 saturated carbocycles. The third-order valence-corrected chi connectivity index (χ3v) is 8.46. The number of rotatable bonds is 2. The third-order valence-electron chi connectivity index (χ3n) is 8.46. The first kappa shape index (κ1) is 23.4. The highest BCUT2D eigenvalue weighted by atomic mass is 16.3. The summed E-state index contributed by atoms with van der Waals surface area (Å²) in [6.45, 7) is 0. The monoisotopic (exact) mass is 549 g/mol. The Kier molecular flexibility index (Phi) is 4.68. The molecule has 0 spiro atoms. The van der Waals surface area contributed by atoms with E-state index in [1.807, 2.05) is 84.9 Å². The van der Waals surface area contributed by atoms with Crippen molar-refractivity contribution in [1.29, 1.82) is 10.5 Å². The summed E-state index contributed by atoms with van der Waals surface area (Å²) in [5.41, 5.74) is 8.63. The largest absolute Gasteiger partial charge is 0.456 e. The zero-order chi connectivity index (χ0) is 28.7. The molecule has 0 saturated heterocycles. The second-order valence-electron chi connectivity index (χ2n) is 10.7. The van der Waals surface area contributed by atoms with E-state index < -0.39 is 0 Å². The highest BCUT2D eigenvalue weighted by Gasteiger charge is 2.21. The Balaban J connectivity index is 1.37. The van der Waals surface area contributed by atoms with Gasteiger partial charge in [0.25, 0.3) is 0 Å². The number of aromatic nitrogens is 1. The molecule has 9 aromatic rings. The molecular weight excluding hydrogens is 530 g/mol. The molecule has 0 unspecified atom stereocenters. The van der Waals surface area contributed by atoms with Gasteiger partial charge in [0.05, 0.1) is 33.9 Å². The van der Waals surface area contributed by atoms with Crippen molar-refractivity contribution in [1.82, 2.24) is 4.57 Å². The minimum atomic E-state index is 0.466. The average Bonchev–Trinajstić information content (AvgIpc) is 3.73. The van der Waals surface area contributed by atoms with Crippen LogP contribution in [0.1, 0.15) is 11.1 Å². The Morgan fingerprint density at radius 1 is 0.535 bits per heavy atom. The summed E-state index contributed by atoms with van der Waals surface area (Å²) in [5, 5.41) is 26.0. The fourth-order valence-electron chi connectivity index (χ4n) is 6.61. The average molecular weight is 550 g/mol. The zero-order valence-electron chi connectivity index (χ0n) is 22.6. The van der Waals surface area contributed by atoms with E-state index in [1.54, 1.807) is 0 Å². The van der Waals surface area contributed by atoms with Crippen LogP contribution < -0.4 is 0 Å². The summed E-state index contributed by atoms with van der Waals surface area (Å²) in [7, 11) is 0. The number of nitrogens with zero attached hydrogens (tertiary/aromatic N) is 3. The van der Waals surface area contributed by atoms with E-state index in [4.69, 9.17) is 8.83 Å². The molecule has 5 nitrogen and oxygen atoms in total. The van der Waals surface area contributed by atoms with Crippen molar-refractivity contribution in [2.45, 2.75) is 0 Å². The van der Waals surface area contributed by atoms with Crippen molar-refractivity contribution in [3.05, 3.63) is 126 Å². The maximum absolute atomic E-state index is 10.3. The number of furan rings is 2. The number of fused-ring (bicyclic) bond motifs is 9. The fourth-order valence-corrected chi connectivity index (χ4v) is 6.61. The minimum Gasteiger partial charge on any atom is -0.456 e. The topological polar surface area (TPSA) is 78.8 Å². The van der Waals surface area contributed by atoms with Gasteiger partial charge in [-0.05, 0) is 59.7 Å². The van der Waals surface area contributed by atoms with Gasteiger partial charge >= 0.3 is 0 Å². The maximum atomic E-state index is 10.3. The van der Waals surface area contributed by atoms with Crippen molar-refractivity contribution >= 4 is 65.7 Å². The van der Waals surface area contributed by atoms with Gasteiger partial charge in [-0.25, -0.2) is 0 Å². The standard InChI is InChI=1S/C38H19N3O2/c39-20-22-15-16-27-26-7-1-3-11-31(26)41(33(27)17-22)32-12-5-10-28-30-19-23(18-24(21-40)37(30)43-38(28)32)25-9-6-14-35-36(25)29-8-2-4-13-34(29)42-35/h1-19H. The van der Waals surface area contributed by atoms with E-state index in [0.29, 0.717) is 22.3 Å². The molecule has 3 aromatic heterocycles. The van der Waals surface area contributed by atoms with Crippen LogP contribution in [0.4, 0.5) is 0 Å². The van der Waals surface area contributed by atoms with Crippen molar-refractivity contribution in [3.8, 4) is 29.0 Å². The third kappa shape index (κ3) is 3.19. The summed E-state index contributed by atoms with van der Waals surface area (Å²) in [5.74, 6) is 0. The molecule has 0 aliphatic rings. The van der Waals surface area contributed by atoms with Crippen LogP contribution in [-0.4, -0.2) is 4.57 Å². The molecule has 0 radical (unpaired) electrons. The molecule has 0 aliphatic heterocycles. The zero-order valence-corrected chi connectivity index (χ0v) is 22.6. The van der Waals surface area contributed by atoms with E-state index in [9.17, 15) is 10.5 Å². The van der Waals surface area contributed by atoms with Gasteiger partial charge in [0.15, 0.2) is 11.2 Å². The van der Waals surface area contributed by atoms with Gasteiger partial charge in [-0.15, -0.1) is 0 Å². The highest BCUT2D eigenvalue weighted by Crippen LogP contribution is 2.42. The lowest BCUT2D eigenvalue weighted by Gasteiger charge is -2.08. The maximum Gasteiger partial charge on any atom is 0.159 e. The Morgan fingerprint density at radius 2 is 1.30 bits per heavy atom. The Morgan fingerprint density at radius 3 is 2.19 bits per heavy atom. The van der Waals surface area contributed by atoms with E-state index in [2.05, 4.69) is 47.0 Å². The number of nitriles is 2. The van der Waals surface area contributed by atoms with Crippen LogP contribution in [0.3, 0.4) is 0 Å². The van der Waals surface area contributed by atoms with Gasteiger partial charge in [-0.3, -0.25) is 0 Å². The SMILES string of the molecule is N#Cc1ccc2c3ccccc3n(-c3cccc4c3oc3c(C#N)cc(-c5cccc6oc7ccccc7c56)cc34)c2c1. The minimum absolute atomic E-state index is 0.466. The number of para-hydroxylation sites is 3. The van der Waals surface area contributed by atoms with Crippen LogP contribution >= 0.6 is 0 Å². The predicted octanol–water partition coefficient (Wildman–Crippen LogP) is 9.99. The van der Waals surface area contributed by atoms with Crippen LogP contribution in [0.25, 0.3) is 82.5 Å². The van der Waals surface area contributed by atoms with Gasteiger partial charge in [0, 0.05) is 32.3 Å².